The lowest BCUT2D eigenvalue weighted by atomic mass is 9.74. The summed E-state index contributed by atoms with van der Waals surface area (Å²) in [6, 6.07) is 22.1. The van der Waals surface area contributed by atoms with Crippen molar-refractivity contribution in [3.8, 4) is 5.75 Å². The topological polar surface area (TPSA) is 91.4 Å². The normalized spacial score (nSPS) is 18.4. The minimum Gasteiger partial charge on any atom is -0.497 e. The number of carbonyl (C=O) groups excluding carboxylic acids is 3. The van der Waals surface area contributed by atoms with Gasteiger partial charge in [-0.2, -0.15) is 0 Å². The molecule has 0 radical (unpaired) electrons. The maximum absolute atomic E-state index is 14.1. The number of nitrogens with zero attached hydrogens (tertiary/aromatic N) is 1. The van der Waals surface area contributed by atoms with Gasteiger partial charge in [0.1, 0.15) is 17.8 Å². The first kappa shape index (κ1) is 25.4. The zero-order chi connectivity index (χ0) is 25.9. The monoisotopic (exact) mass is 553 g/mol. The number of anilines is 1. The molecule has 0 N–H and O–H groups in total. The van der Waals surface area contributed by atoms with Crippen molar-refractivity contribution in [3.63, 3.8) is 0 Å². The Morgan fingerprint density at radius 2 is 1.42 bits per heavy atom. The van der Waals surface area contributed by atoms with Crippen molar-refractivity contribution in [2.75, 3.05) is 26.4 Å². The smallest absolute Gasteiger partial charge is 0.346 e. The maximum atomic E-state index is 14.1. The predicted octanol–water partition coefficient (Wildman–Crippen LogP) is 4.53. The molecule has 0 aliphatic carbocycles. The summed E-state index contributed by atoms with van der Waals surface area (Å²) in [5.74, 6) is -3.24. The molecule has 0 amide bonds. The van der Waals surface area contributed by atoms with Crippen LogP contribution >= 0.6 is 15.9 Å². The van der Waals surface area contributed by atoms with Gasteiger partial charge < -0.3 is 14.2 Å². The molecular weight excluding hydrogens is 530 g/mol. The molecule has 0 saturated carbocycles. The zero-order valence-corrected chi connectivity index (χ0v) is 21.4. The summed E-state index contributed by atoms with van der Waals surface area (Å²) in [5, 5.41) is 1.13. The van der Waals surface area contributed by atoms with Crippen LogP contribution < -0.4 is 9.80 Å². The number of Topliss-reactive ketones (excluding diaryl/α,β-unsaturated/α-hetero) is 1. The van der Waals surface area contributed by atoms with Crippen molar-refractivity contribution in [2.24, 2.45) is 5.92 Å². The molecule has 2 atom stereocenters. The van der Waals surface area contributed by atoms with Crippen LogP contribution in [0.5, 0.6) is 5.75 Å². The Kier molecular flexibility index (Phi) is 7.42. The van der Waals surface area contributed by atoms with E-state index in [1.807, 2.05) is 6.07 Å². The number of halogens is 1. The van der Waals surface area contributed by atoms with Crippen molar-refractivity contribution >= 4 is 39.3 Å². The van der Waals surface area contributed by atoms with Gasteiger partial charge in [-0.1, -0.05) is 58.4 Å². The maximum Gasteiger partial charge on any atom is 0.346 e. The highest BCUT2D eigenvalue weighted by atomic mass is 79.9. The second kappa shape index (κ2) is 10.5. The molecular formula is C27H24BrNO7. The largest absolute Gasteiger partial charge is 0.497 e. The van der Waals surface area contributed by atoms with Gasteiger partial charge in [0.25, 0.3) is 5.54 Å². The van der Waals surface area contributed by atoms with Crippen LogP contribution in [-0.2, 0) is 23.9 Å². The number of esters is 2. The van der Waals surface area contributed by atoms with Gasteiger partial charge in [-0.05, 0) is 42.0 Å². The average Bonchev–Trinajstić information content (AvgIpc) is 3.29. The molecule has 8 nitrogen and oxygen atoms in total. The van der Waals surface area contributed by atoms with Gasteiger partial charge in [0.15, 0.2) is 5.78 Å². The van der Waals surface area contributed by atoms with E-state index < -0.39 is 35.3 Å². The molecule has 0 spiro atoms. The van der Waals surface area contributed by atoms with E-state index in [1.54, 1.807) is 72.8 Å². The number of ketones is 1. The molecule has 186 valence electrons. The number of hydroxylamine groups is 1. The third-order valence-corrected chi connectivity index (χ3v) is 6.66. The molecule has 1 aliphatic heterocycles. The third-order valence-electron chi connectivity index (χ3n) is 6.13. The van der Waals surface area contributed by atoms with E-state index in [9.17, 15) is 14.4 Å². The Bertz CT molecular complexity index is 1230. The number of hydrogen-bond donors (Lipinski definition) is 0. The molecule has 3 aromatic carbocycles. The molecule has 1 heterocycles. The molecule has 0 bridgehead atoms. The molecule has 9 heteroatoms. The minimum absolute atomic E-state index is 0.293. The molecule has 2 unspecified atom stereocenters. The fraction of sp³-hybridized carbons (Fsp3) is 0.222. The summed E-state index contributed by atoms with van der Waals surface area (Å²) in [6.45, 7) is 0. The molecule has 4 rings (SSSR count). The number of carbonyl (C=O) groups is 3. The number of hydrogen-bond acceptors (Lipinski definition) is 8. The minimum atomic E-state index is -2.28. The van der Waals surface area contributed by atoms with Gasteiger partial charge in [0.05, 0.1) is 27.0 Å². The van der Waals surface area contributed by atoms with Gasteiger partial charge in [-0.15, -0.1) is 0 Å². The standard InChI is InChI=1S/C27H24BrNO7/c1-33-21-15-13-20(14-16-21)29-27(25(31)34-2,26(32)35-3)22(23(30)17-9-11-19(28)12-10-17)24(36-29)18-7-5-4-6-8-18/h4-16,22,24H,1-3H3. The molecule has 36 heavy (non-hydrogen) atoms. The summed E-state index contributed by atoms with van der Waals surface area (Å²) in [5.41, 5.74) is -1.05. The molecule has 1 aliphatic rings. The Hall–Kier alpha value is -3.69. The lowest BCUT2D eigenvalue weighted by Crippen LogP contribution is -2.63. The van der Waals surface area contributed by atoms with Crippen LogP contribution in [0.1, 0.15) is 22.0 Å². The Morgan fingerprint density at radius 3 is 1.94 bits per heavy atom. The summed E-state index contributed by atoms with van der Waals surface area (Å²) in [4.78, 5) is 47.6. The average molecular weight is 554 g/mol. The predicted molar refractivity (Wildman–Crippen MR) is 134 cm³/mol. The highest BCUT2D eigenvalue weighted by Crippen LogP contribution is 2.50. The van der Waals surface area contributed by atoms with E-state index >= 15 is 0 Å². The number of rotatable bonds is 7. The Labute approximate surface area is 216 Å². The first-order valence-corrected chi connectivity index (χ1v) is 11.8. The first-order valence-electron chi connectivity index (χ1n) is 11.0. The van der Waals surface area contributed by atoms with E-state index in [1.165, 1.54) is 7.11 Å². The van der Waals surface area contributed by atoms with E-state index in [-0.39, 0.29) is 0 Å². The zero-order valence-electron chi connectivity index (χ0n) is 19.8. The summed E-state index contributed by atoms with van der Waals surface area (Å²) < 4.78 is 16.3. The van der Waals surface area contributed by atoms with E-state index in [0.717, 1.165) is 23.8 Å². The summed E-state index contributed by atoms with van der Waals surface area (Å²) in [6.07, 6.45) is -1.01. The van der Waals surface area contributed by atoms with E-state index in [0.29, 0.717) is 22.6 Å². The van der Waals surface area contributed by atoms with Crippen molar-refractivity contribution in [1.29, 1.82) is 0 Å². The van der Waals surface area contributed by atoms with Crippen LogP contribution in [0.4, 0.5) is 5.69 Å². The first-order chi connectivity index (χ1) is 17.4. The van der Waals surface area contributed by atoms with Gasteiger partial charge in [-0.3, -0.25) is 9.63 Å². The quantitative estimate of drug-likeness (QED) is 0.239. The fourth-order valence-corrected chi connectivity index (χ4v) is 4.68. The van der Waals surface area contributed by atoms with Gasteiger partial charge in [-0.25, -0.2) is 14.7 Å². The van der Waals surface area contributed by atoms with E-state index in [2.05, 4.69) is 15.9 Å². The summed E-state index contributed by atoms with van der Waals surface area (Å²) in [7, 11) is 3.82. The highest BCUT2D eigenvalue weighted by molar-refractivity contribution is 9.10. The Morgan fingerprint density at radius 1 is 0.833 bits per heavy atom. The molecule has 1 saturated heterocycles. The van der Waals surface area contributed by atoms with Crippen LogP contribution in [0.25, 0.3) is 0 Å². The number of benzene rings is 3. The van der Waals surface area contributed by atoms with Crippen LogP contribution in [0.2, 0.25) is 0 Å². The van der Waals surface area contributed by atoms with Crippen molar-refractivity contribution in [2.45, 2.75) is 11.6 Å². The highest BCUT2D eigenvalue weighted by Gasteiger charge is 2.70. The molecule has 3 aromatic rings. The van der Waals surface area contributed by atoms with Crippen LogP contribution in [0.15, 0.2) is 83.3 Å². The van der Waals surface area contributed by atoms with Crippen molar-refractivity contribution < 1.29 is 33.4 Å². The molecule has 0 aromatic heterocycles. The lowest BCUT2D eigenvalue weighted by Gasteiger charge is -2.35. The third kappa shape index (κ3) is 4.25. The van der Waals surface area contributed by atoms with Gasteiger partial charge in [0, 0.05) is 10.0 Å². The lowest BCUT2D eigenvalue weighted by molar-refractivity contribution is -0.163. The van der Waals surface area contributed by atoms with Gasteiger partial charge >= 0.3 is 11.9 Å². The van der Waals surface area contributed by atoms with Crippen LogP contribution in [0, 0.1) is 5.92 Å². The molecule has 1 fully saturated rings. The number of ether oxygens (including phenoxy) is 3. The van der Waals surface area contributed by atoms with Gasteiger partial charge in [0.2, 0.25) is 0 Å². The van der Waals surface area contributed by atoms with Crippen LogP contribution in [0.3, 0.4) is 0 Å². The summed E-state index contributed by atoms with van der Waals surface area (Å²) >= 11 is 3.37. The van der Waals surface area contributed by atoms with E-state index in [4.69, 9.17) is 19.0 Å². The van der Waals surface area contributed by atoms with Crippen LogP contribution in [-0.4, -0.2) is 44.6 Å². The second-order valence-corrected chi connectivity index (χ2v) is 8.94. The van der Waals surface area contributed by atoms with Crippen molar-refractivity contribution in [3.05, 3.63) is 94.5 Å². The van der Waals surface area contributed by atoms with Crippen molar-refractivity contribution in [1.82, 2.24) is 0 Å². The Balaban J connectivity index is 1.99. The number of methoxy groups -OCH3 is 3. The SMILES string of the molecule is COC(=O)C1(C(=O)OC)C(C(=O)c2ccc(Br)cc2)C(c2ccccc2)ON1c1ccc(OC)cc1. The second-order valence-electron chi connectivity index (χ2n) is 8.03. The fourth-order valence-electron chi connectivity index (χ4n) is 4.42.